The second kappa shape index (κ2) is 10.5. The Morgan fingerprint density at radius 3 is 2.07 bits per heavy atom. The molecular weight excluding hydrogens is 366 g/mol. The molecular formula is C20H29NO7. The van der Waals surface area contributed by atoms with E-state index in [0.29, 0.717) is 5.75 Å². The molecule has 0 saturated heterocycles. The van der Waals surface area contributed by atoms with Crippen molar-refractivity contribution in [2.45, 2.75) is 51.2 Å². The van der Waals surface area contributed by atoms with Crippen LogP contribution in [0.25, 0.3) is 0 Å². The average Bonchev–Trinajstić information content (AvgIpc) is 2.65. The molecule has 8 nitrogen and oxygen atoms in total. The predicted molar refractivity (Wildman–Crippen MR) is 102 cm³/mol. The van der Waals surface area contributed by atoms with E-state index in [1.54, 1.807) is 52.1 Å². The zero-order chi connectivity index (χ0) is 21.3. The van der Waals surface area contributed by atoms with Crippen LogP contribution in [-0.2, 0) is 23.8 Å². The molecule has 0 aliphatic carbocycles. The van der Waals surface area contributed by atoms with Crippen molar-refractivity contribution in [1.29, 1.82) is 0 Å². The van der Waals surface area contributed by atoms with Gasteiger partial charge < -0.3 is 24.3 Å². The van der Waals surface area contributed by atoms with Gasteiger partial charge in [0.1, 0.15) is 17.4 Å². The topological polar surface area (TPSA) is 100 Å². The van der Waals surface area contributed by atoms with Crippen molar-refractivity contribution in [3.05, 3.63) is 29.8 Å². The Labute approximate surface area is 165 Å². The van der Waals surface area contributed by atoms with Crippen molar-refractivity contribution in [1.82, 2.24) is 5.32 Å². The van der Waals surface area contributed by atoms with E-state index >= 15 is 0 Å². The van der Waals surface area contributed by atoms with E-state index in [9.17, 15) is 14.4 Å². The Morgan fingerprint density at radius 2 is 1.61 bits per heavy atom. The first-order valence-electron chi connectivity index (χ1n) is 8.89. The summed E-state index contributed by atoms with van der Waals surface area (Å²) in [7, 11) is 3.98. The lowest BCUT2D eigenvalue weighted by Crippen LogP contribution is -2.45. The zero-order valence-corrected chi connectivity index (χ0v) is 17.2. The summed E-state index contributed by atoms with van der Waals surface area (Å²) >= 11 is 0. The number of benzene rings is 1. The van der Waals surface area contributed by atoms with Gasteiger partial charge in [-0.15, -0.1) is 0 Å². The van der Waals surface area contributed by atoms with Crippen LogP contribution in [0.4, 0.5) is 4.79 Å². The van der Waals surface area contributed by atoms with Gasteiger partial charge >= 0.3 is 18.0 Å². The van der Waals surface area contributed by atoms with E-state index < -0.39 is 35.6 Å². The van der Waals surface area contributed by atoms with E-state index in [0.717, 1.165) is 5.56 Å². The van der Waals surface area contributed by atoms with Crippen molar-refractivity contribution >= 4 is 18.0 Å². The predicted octanol–water partition coefficient (Wildman–Crippen LogP) is 2.80. The molecule has 28 heavy (non-hydrogen) atoms. The summed E-state index contributed by atoms with van der Waals surface area (Å²) in [5, 5.41) is 2.50. The van der Waals surface area contributed by atoms with E-state index in [4.69, 9.17) is 14.2 Å². The summed E-state index contributed by atoms with van der Waals surface area (Å²) in [5.41, 5.74) is 0.120. The van der Waals surface area contributed by atoms with Gasteiger partial charge in [-0.2, -0.15) is 0 Å². The molecule has 0 aliphatic heterocycles. The molecule has 0 aromatic heterocycles. The Morgan fingerprint density at radius 1 is 1.00 bits per heavy atom. The minimum absolute atomic E-state index is 0.0598. The van der Waals surface area contributed by atoms with Gasteiger partial charge in [0.05, 0.1) is 21.3 Å². The standard InChI is InChI=1S/C20H29NO7/c1-20(2,3)28-16(22)12-11-15(13-7-9-14(25-4)10-8-13)17(18(23)26-5)21-19(24)27-6/h7-10,15,17H,11-12H2,1-6H3,(H,21,24)/t15-,17+/m1/s1. The number of rotatable bonds is 8. The lowest BCUT2D eigenvalue weighted by atomic mass is 9.87. The van der Waals surface area contributed by atoms with Crippen molar-refractivity contribution in [3.63, 3.8) is 0 Å². The number of alkyl carbamates (subject to hydrolysis) is 1. The molecule has 156 valence electrons. The molecule has 0 fully saturated rings. The highest BCUT2D eigenvalue weighted by Gasteiger charge is 2.33. The molecule has 1 aromatic rings. The molecule has 8 heteroatoms. The van der Waals surface area contributed by atoms with Crippen LogP contribution in [-0.4, -0.2) is 51.0 Å². The maximum absolute atomic E-state index is 12.3. The first-order valence-corrected chi connectivity index (χ1v) is 8.89. The van der Waals surface area contributed by atoms with Crippen molar-refractivity contribution in [2.75, 3.05) is 21.3 Å². The summed E-state index contributed by atoms with van der Waals surface area (Å²) in [6.45, 7) is 5.34. The van der Waals surface area contributed by atoms with Crippen LogP contribution in [0.5, 0.6) is 5.75 Å². The number of ether oxygens (including phenoxy) is 4. The lowest BCUT2D eigenvalue weighted by Gasteiger charge is -2.27. The second-order valence-corrected chi connectivity index (χ2v) is 7.14. The highest BCUT2D eigenvalue weighted by Crippen LogP contribution is 2.28. The Kier molecular flexibility index (Phi) is 8.76. The molecule has 0 saturated carbocycles. The number of carbonyl (C=O) groups is 3. The van der Waals surface area contributed by atoms with Crippen LogP contribution in [0.3, 0.4) is 0 Å². The zero-order valence-electron chi connectivity index (χ0n) is 17.2. The highest BCUT2D eigenvalue weighted by molar-refractivity contribution is 5.82. The Hall–Kier alpha value is -2.77. The first kappa shape index (κ1) is 23.3. The van der Waals surface area contributed by atoms with Crippen LogP contribution in [0, 0.1) is 0 Å². The van der Waals surface area contributed by atoms with Gasteiger partial charge in [-0.3, -0.25) is 4.79 Å². The third-order valence-electron chi connectivity index (χ3n) is 3.94. The maximum atomic E-state index is 12.3. The largest absolute Gasteiger partial charge is 0.497 e. The number of amides is 1. The molecule has 0 radical (unpaired) electrons. The molecule has 0 spiro atoms. The van der Waals surface area contributed by atoms with Gasteiger partial charge in [-0.1, -0.05) is 12.1 Å². The average molecular weight is 395 g/mol. The number of hydrogen-bond donors (Lipinski definition) is 1. The van der Waals surface area contributed by atoms with E-state index in [1.165, 1.54) is 14.2 Å². The monoisotopic (exact) mass is 395 g/mol. The minimum Gasteiger partial charge on any atom is -0.497 e. The lowest BCUT2D eigenvalue weighted by molar-refractivity contribution is -0.155. The Balaban J connectivity index is 3.13. The van der Waals surface area contributed by atoms with Gasteiger partial charge in [-0.25, -0.2) is 9.59 Å². The Bertz CT molecular complexity index is 664. The quantitative estimate of drug-likeness (QED) is 0.533. The molecule has 0 heterocycles. The highest BCUT2D eigenvalue weighted by atomic mass is 16.6. The molecule has 2 atom stereocenters. The summed E-state index contributed by atoms with van der Waals surface area (Å²) in [6.07, 6.45) is -0.457. The summed E-state index contributed by atoms with van der Waals surface area (Å²) < 4.78 is 20.0. The molecule has 0 aliphatic rings. The van der Waals surface area contributed by atoms with Crippen molar-refractivity contribution in [2.24, 2.45) is 0 Å². The van der Waals surface area contributed by atoms with Gasteiger partial charge in [0.2, 0.25) is 0 Å². The molecule has 1 aromatic carbocycles. The van der Waals surface area contributed by atoms with Gasteiger partial charge in [0.25, 0.3) is 0 Å². The molecule has 0 unspecified atom stereocenters. The van der Waals surface area contributed by atoms with Crippen molar-refractivity contribution < 1.29 is 33.3 Å². The first-order chi connectivity index (χ1) is 13.1. The third-order valence-corrected chi connectivity index (χ3v) is 3.94. The molecule has 1 rings (SSSR count). The van der Waals surface area contributed by atoms with Gasteiger partial charge in [0, 0.05) is 12.3 Å². The third kappa shape index (κ3) is 7.46. The van der Waals surface area contributed by atoms with E-state index in [1.807, 2.05) is 0 Å². The smallest absolute Gasteiger partial charge is 0.407 e. The van der Waals surface area contributed by atoms with E-state index in [2.05, 4.69) is 10.1 Å². The SMILES string of the molecule is COC(=O)N[C@H](C(=O)OC)[C@H](CCC(=O)OC(C)(C)C)c1ccc(OC)cc1. The van der Waals surface area contributed by atoms with Crippen LogP contribution in [0.1, 0.15) is 45.1 Å². The molecule has 1 N–H and O–H groups in total. The van der Waals surface area contributed by atoms with Crippen LogP contribution < -0.4 is 10.1 Å². The molecule has 1 amide bonds. The number of methoxy groups -OCH3 is 3. The maximum Gasteiger partial charge on any atom is 0.407 e. The van der Waals surface area contributed by atoms with Gasteiger partial charge in [0.15, 0.2) is 0 Å². The summed E-state index contributed by atoms with van der Waals surface area (Å²) in [4.78, 5) is 36.3. The summed E-state index contributed by atoms with van der Waals surface area (Å²) in [6, 6.07) is 5.99. The number of carbonyl (C=O) groups excluding carboxylic acids is 3. The minimum atomic E-state index is -1.03. The van der Waals surface area contributed by atoms with Crippen LogP contribution in [0.2, 0.25) is 0 Å². The molecule has 0 bridgehead atoms. The number of nitrogens with one attached hydrogen (secondary N) is 1. The normalized spacial score (nSPS) is 13.1. The van der Waals surface area contributed by atoms with Crippen LogP contribution in [0.15, 0.2) is 24.3 Å². The number of esters is 2. The fourth-order valence-electron chi connectivity index (χ4n) is 2.68. The fraction of sp³-hybridized carbons (Fsp3) is 0.550. The van der Waals surface area contributed by atoms with Gasteiger partial charge in [-0.05, 0) is 44.9 Å². The second-order valence-electron chi connectivity index (χ2n) is 7.14. The fourth-order valence-corrected chi connectivity index (χ4v) is 2.68. The van der Waals surface area contributed by atoms with Crippen LogP contribution >= 0.6 is 0 Å². The number of hydrogen-bond acceptors (Lipinski definition) is 7. The van der Waals surface area contributed by atoms with E-state index in [-0.39, 0.29) is 12.8 Å². The van der Waals surface area contributed by atoms with Crippen molar-refractivity contribution in [3.8, 4) is 5.75 Å². The summed E-state index contributed by atoms with van der Waals surface area (Å²) in [5.74, 6) is -0.932.